The van der Waals surface area contributed by atoms with Crippen LogP contribution >= 0.6 is 11.3 Å². The van der Waals surface area contributed by atoms with Gasteiger partial charge in [-0.05, 0) is 42.3 Å². The fourth-order valence-electron chi connectivity index (χ4n) is 3.01. The minimum absolute atomic E-state index is 0.119. The van der Waals surface area contributed by atoms with E-state index in [1.807, 2.05) is 12.1 Å². The molecule has 0 amide bonds. The number of thiophene rings is 1. The summed E-state index contributed by atoms with van der Waals surface area (Å²) in [5, 5.41) is 2.10. The van der Waals surface area contributed by atoms with Gasteiger partial charge in [-0.25, -0.2) is 4.39 Å². The van der Waals surface area contributed by atoms with E-state index in [-0.39, 0.29) is 11.9 Å². The molecule has 1 aromatic heterocycles. The molecule has 2 atom stereocenters. The van der Waals surface area contributed by atoms with Crippen molar-refractivity contribution in [3.63, 3.8) is 0 Å². The third-order valence-corrected chi connectivity index (χ3v) is 4.73. The van der Waals surface area contributed by atoms with E-state index >= 15 is 0 Å². The van der Waals surface area contributed by atoms with Gasteiger partial charge in [0.1, 0.15) is 5.82 Å². The summed E-state index contributed by atoms with van der Waals surface area (Å²) in [5.74, 6) is 0.341. The minimum Gasteiger partial charge on any atom is -0.367 e. The standard InChI is InChI=1S/C16H19FN2S/c17-15-5-1-2-6-16(15)19-10-12(8-13(18)11-19)9-14-4-3-7-20-14/h1-7,12-13H,8-11,18H2. The average molecular weight is 290 g/mol. The number of piperidine rings is 1. The van der Waals surface area contributed by atoms with Crippen LogP contribution < -0.4 is 10.6 Å². The Balaban J connectivity index is 1.75. The van der Waals surface area contributed by atoms with Gasteiger partial charge in [-0.2, -0.15) is 0 Å². The third kappa shape index (κ3) is 3.02. The Kier molecular flexibility index (Phi) is 4.03. The SMILES string of the molecule is NC1CC(Cc2cccs2)CN(c2ccccc2F)C1. The number of nitrogens with zero attached hydrogens (tertiary/aromatic N) is 1. The molecule has 2 heterocycles. The molecule has 20 heavy (non-hydrogen) atoms. The van der Waals surface area contributed by atoms with Gasteiger partial charge in [0.05, 0.1) is 5.69 Å². The zero-order chi connectivity index (χ0) is 13.9. The van der Waals surface area contributed by atoms with Crippen LogP contribution in [0.15, 0.2) is 41.8 Å². The Hall–Kier alpha value is -1.39. The van der Waals surface area contributed by atoms with E-state index in [1.54, 1.807) is 17.4 Å². The van der Waals surface area contributed by atoms with Gasteiger partial charge in [0.25, 0.3) is 0 Å². The average Bonchev–Trinajstić information content (AvgIpc) is 2.91. The molecule has 2 N–H and O–H groups in total. The van der Waals surface area contributed by atoms with Crippen molar-refractivity contribution in [2.75, 3.05) is 18.0 Å². The number of hydrogen-bond donors (Lipinski definition) is 1. The first-order valence-corrected chi connectivity index (χ1v) is 7.88. The Labute approximate surface area is 123 Å². The third-order valence-electron chi connectivity index (χ3n) is 3.83. The van der Waals surface area contributed by atoms with Crippen molar-refractivity contribution in [2.24, 2.45) is 11.7 Å². The van der Waals surface area contributed by atoms with Gasteiger partial charge < -0.3 is 10.6 Å². The van der Waals surface area contributed by atoms with Crippen LogP contribution in [0.25, 0.3) is 0 Å². The van der Waals surface area contributed by atoms with E-state index in [1.165, 1.54) is 10.9 Å². The van der Waals surface area contributed by atoms with Crippen molar-refractivity contribution in [3.05, 3.63) is 52.5 Å². The fourth-order valence-corrected chi connectivity index (χ4v) is 3.83. The summed E-state index contributed by atoms with van der Waals surface area (Å²) in [6, 6.07) is 11.3. The molecule has 2 nitrogen and oxygen atoms in total. The number of benzene rings is 1. The summed E-state index contributed by atoms with van der Waals surface area (Å²) in [6.07, 6.45) is 2.05. The summed E-state index contributed by atoms with van der Waals surface area (Å²) in [6.45, 7) is 1.62. The van der Waals surface area contributed by atoms with Crippen molar-refractivity contribution in [1.82, 2.24) is 0 Å². The predicted octanol–water partition coefficient (Wildman–Crippen LogP) is 3.28. The zero-order valence-electron chi connectivity index (χ0n) is 11.3. The van der Waals surface area contributed by atoms with Gasteiger partial charge in [-0.3, -0.25) is 0 Å². The van der Waals surface area contributed by atoms with Gasteiger partial charge in [0, 0.05) is 24.0 Å². The van der Waals surface area contributed by atoms with E-state index in [4.69, 9.17) is 5.73 Å². The molecule has 1 aromatic carbocycles. The smallest absolute Gasteiger partial charge is 0.146 e. The molecule has 0 spiro atoms. The largest absolute Gasteiger partial charge is 0.367 e. The maximum Gasteiger partial charge on any atom is 0.146 e. The molecule has 1 fully saturated rings. The summed E-state index contributed by atoms with van der Waals surface area (Å²) in [4.78, 5) is 3.49. The number of anilines is 1. The first-order chi connectivity index (χ1) is 9.72. The highest BCUT2D eigenvalue weighted by Crippen LogP contribution is 2.27. The van der Waals surface area contributed by atoms with Crippen LogP contribution in [-0.2, 0) is 6.42 Å². The normalized spacial score (nSPS) is 23.0. The highest BCUT2D eigenvalue weighted by Gasteiger charge is 2.26. The maximum atomic E-state index is 13.9. The first-order valence-electron chi connectivity index (χ1n) is 7.00. The molecule has 3 rings (SSSR count). The van der Waals surface area contributed by atoms with Crippen LogP contribution in [0.4, 0.5) is 10.1 Å². The van der Waals surface area contributed by atoms with Gasteiger partial charge in [-0.1, -0.05) is 18.2 Å². The van der Waals surface area contributed by atoms with Crippen LogP contribution in [0.5, 0.6) is 0 Å². The molecule has 106 valence electrons. The summed E-state index contributed by atoms with van der Waals surface area (Å²) < 4.78 is 13.9. The molecule has 0 radical (unpaired) electrons. The number of rotatable bonds is 3. The van der Waals surface area contributed by atoms with Gasteiger partial charge >= 0.3 is 0 Å². The summed E-state index contributed by atoms with van der Waals surface area (Å²) in [5.41, 5.74) is 6.85. The quantitative estimate of drug-likeness (QED) is 0.940. The lowest BCUT2D eigenvalue weighted by Gasteiger charge is -2.37. The Morgan fingerprint density at radius 3 is 2.80 bits per heavy atom. The lowest BCUT2D eigenvalue weighted by Crippen LogP contribution is -2.47. The molecule has 1 aliphatic heterocycles. The predicted molar refractivity (Wildman–Crippen MR) is 82.7 cm³/mol. The van der Waals surface area contributed by atoms with Crippen molar-refractivity contribution in [1.29, 1.82) is 0 Å². The Morgan fingerprint density at radius 1 is 1.20 bits per heavy atom. The van der Waals surface area contributed by atoms with Crippen molar-refractivity contribution < 1.29 is 4.39 Å². The second-order valence-corrected chi connectivity index (χ2v) is 6.53. The topological polar surface area (TPSA) is 29.3 Å². The fraction of sp³-hybridized carbons (Fsp3) is 0.375. The molecule has 2 unspecified atom stereocenters. The highest BCUT2D eigenvalue weighted by molar-refractivity contribution is 7.09. The molecule has 0 saturated carbocycles. The molecule has 1 aliphatic rings. The van der Waals surface area contributed by atoms with Crippen LogP contribution in [0, 0.1) is 11.7 Å². The minimum atomic E-state index is -0.156. The molecule has 0 aliphatic carbocycles. The van der Waals surface area contributed by atoms with E-state index in [0.717, 1.165) is 25.9 Å². The molecular formula is C16H19FN2S. The Morgan fingerprint density at radius 2 is 2.05 bits per heavy atom. The molecule has 2 aromatic rings. The number of halogens is 1. The Bertz CT molecular complexity index is 555. The van der Waals surface area contributed by atoms with Gasteiger partial charge in [-0.15, -0.1) is 11.3 Å². The maximum absolute atomic E-state index is 13.9. The van der Waals surface area contributed by atoms with E-state index in [0.29, 0.717) is 11.6 Å². The zero-order valence-corrected chi connectivity index (χ0v) is 12.2. The second kappa shape index (κ2) is 5.94. The molecule has 0 bridgehead atoms. The monoisotopic (exact) mass is 290 g/mol. The summed E-state index contributed by atoms with van der Waals surface area (Å²) >= 11 is 1.78. The number of hydrogen-bond acceptors (Lipinski definition) is 3. The van der Waals surface area contributed by atoms with Crippen molar-refractivity contribution in [3.8, 4) is 0 Å². The van der Waals surface area contributed by atoms with Crippen molar-refractivity contribution >= 4 is 17.0 Å². The van der Waals surface area contributed by atoms with Gasteiger partial charge in [0.2, 0.25) is 0 Å². The lowest BCUT2D eigenvalue weighted by atomic mass is 9.91. The van der Waals surface area contributed by atoms with Crippen LogP contribution in [0.2, 0.25) is 0 Å². The highest BCUT2D eigenvalue weighted by atomic mass is 32.1. The van der Waals surface area contributed by atoms with E-state index < -0.39 is 0 Å². The van der Waals surface area contributed by atoms with E-state index in [2.05, 4.69) is 22.4 Å². The van der Waals surface area contributed by atoms with E-state index in [9.17, 15) is 4.39 Å². The van der Waals surface area contributed by atoms with Crippen molar-refractivity contribution in [2.45, 2.75) is 18.9 Å². The first kappa shape index (κ1) is 13.6. The van der Waals surface area contributed by atoms with Gasteiger partial charge in [0.15, 0.2) is 0 Å². The lowest BCUT2D eigenvalue weighted by molar-refractivity contribution is 0.374. The van der Waals surface area contributed by atoms with Crippen LogP contribution in [-0.4, -0.2) is 19.1 Å². The van der Waals surface area contributed by atoms with Crippen LogP contribution in [0.1, 0.15) is 11.3 Å². The second-order valence-electron chi connectivity index (χ2n) is 5.50. The molecule has 4 heteroatoms. The van der Waals surface area contributed by atoms with Crippen LogP contribution in [0.3, 0.4) is 0 Å². The number of nitrogens with two attached hydrogens (primary N) is 1. The molecular weight excluding hydrogens is 271 g/mol. The summed E-state index contributed by atoms with van der Waals surface area (Å²) in [7, 11) is 0. The molecule has 1 saturated heterocycles. The number of para-hydroxylation sites is 1.